The summed E-state index contributed by atoms with van der Waals surface area (Å²) >= 11 is 0. The number of amides is 1. The number of rotatable bonds is 7. The number of aliphatic imine (C=N–C) groups is 1. The number of ether oxygens (including phenoxy) is 1. The molecule has 2 N–H and O–H groups in total. The Kier molecular flexibility index (Phi) is 8.00. The van der Waals surface area contributed by atoms with Crippen molar-refractivity contribution >= 4 is 11.9 Å². The molecule has 1 atom stereocenters. The molecule has 0 aliphatic heterocycles. The van der Waals surface area contributed by atoms with Crippen LogP contribution in [0.4, 0.5) is 4.39 Å². The van der Waals surface area contributed by atoms with Crippen molar-refractivity contribution in [1.82, 2.24) is 15.5 Å². The Morgan fingerprint density at radius 1 is 1.24 bits per heavy atom. The predicted octanol–water partition coefficient (Wildman–Crippen LogP) is 3.00. The van der Waals surface area contributed by atoms with Crippen molar-refractivity contribution < 1.29 is 13.9 Å². The fraction of sp³-hybridized carbons (Fsp3) is 0.364. The first-order valence-corrected chi connectivity index (χ1v) is 9.47. The van der Waals surface area contributed by atoms with Gasteiger partial charge in [-0.25, -0.2) is 4.39 Å². The van der Waals surface area contributed by atoms with Crippen LogP contribution in [0.2, 0.25) is 0 Å². The van der Waals surface area contributed by atoms with E-state index in [-0.39, 0.29) is 17.7 Å². The van der Waals surface area contributed by atoms with E-state index in [4.69, 9.17) is 4.74 Å². The number of nitrogens with one attached hydrogen (secondary N) is 2. The highest BCUT2D eigenvalue weighted by Crippen LogP contribution is 2.21. The van der Waals surface area contributed by atoms with Gasteiger partial charge in [-0.3, -0.25) is 9.79 Å². The second-order valence-corrected chi connectivity index (χ2v) is 6.91. The van der Waals surface area contributed by atoms with E-state index >= 15 is 0 Å². The average molecular weight is 400 g/mol. The lowest BCUT2D eigenvalue weighted by atomic mass is 10.1. The zero-order chi connectivity index (χ0) is 21.4. The van der Waals surface area contributed by atoms with Gasteiger partial charge in [0, 0.05) is 33.3 Å². The van der Waals surface area contributed by atoms with Gasteiger partial charge in [-0.2, -0.15) is 0 Å². The van der Waals surface area contributed by atoms with Crippen LogP contribution < -0.4 is 15.4 Å². The van der Waals surface area contributed by atoms with E-state index in [9.17, 15) is 9.18 Å². The lowest BCUT2D eigenvalue weighted by Gasteiger charge is -2.19. The summed E-state index contributed by atoms with van der Waals surface area (Å²) in [7, 11) is 6.61. The van der Waals surface area contributed by atoms with E-state index < -0.39 is 5.82 Å². The molecule has 0 spiro atoms. The molecule has 29 heavy (non-hydrogen) atoms. The summed E-state index contributed by atoms with van der Waals surface area (Å²) in [6.07, 6.45) is 0.737. The van der Waals surface area contributed by atoms with Crippen molar-refractivity contribution in [3.8, 4) is 5.75 Å². The summed E-state index contributed by atoms with van der Waals surface area (Å²) in [5.74, 6) is 0.430. The van der Waals surface area contributed by atoms with Gasteiger partial charge in [0.05, 0.1) is 13.2 Å². The minimum absolute atomic E-state index is 0.0159. The lowest BCUT2D eigenvalue weighted by molar-refractivity contribution is 0.0827. The topological polar surface area (TPSA) is 66.0 Å². The SMILES string of the molecule is CN=C(NCCc1cccc(C(=O)N(C)C)c1)NC(C)c1ccc(OC)c(F)c1. The summed E-state index contributed by atoms with van der Waals surface area (Å²) in [6.45, 7) is 2.58. The quantitative estimate of drug-likeness (QED) is 0.554. The zero-order valence-electron chi connectivity index (χ0n) is 17.6. The number of carbonyl (C=O) groups is 1. The molecule has 7 heteroatoms. The van der Waals surface area contributed by atoms with Crippen LogP contribution in [0.3, 0.4) is 0 Å². The number of benzene rings is 2. The molecule has 0 aliphatic carbocycles. The van der Waals surface area contributed by atoms with Crippen LogP contribution in [0, 0.1) is 5.82 Å². The summed E-state index contributed by atoms with van der Waals surface area (Å²) in [5, 5.41) is 6.50. The van der Waals surface area contributed by atoms with Gasteiger partial charge in [-0.1, -0.05) is 18.2 Å². The predicted molar refractivity (Wildman–Crippen MR) is 114 cm³/mol. The molecule has 0 aromatic heterocycles. The highest BCUT2D eigenvalue weighted by atomic mass is 19.1. The lowest BCUT2D eigenvalue weighted by Crippen LogP contribution is -2.39. The van der Waals surface area contributed by atoms with Crippen LogP contribution in [-0.2, 0) is 6.42 Å². The molecule has 0 saturated carbocycles. The summed E-state index contributed by atoms with van der Waals surface area (Å²) in [5.41, 5.74) is 2.53. The molecule has 0 bridgehead atoms. The third-order valence-electron chi connectivity index (χ3n) is 4.54. The number of hydrogen-bond acceptors (Lipinski definition) is 3. The van der Waals surface area contributed by atoms with Gasteiger partial charge < -0.3 is 20.3 Å². The minimum atomic E-state index is -0.395. The average Bonchev–Trinajstić information content (AvgIpc) is 2.72. The van der Waals surface area contributed by atoms with Crippen molar-refractivity contribution in [2.24, 2.45) is 4.99 Å². The molecule has 6 nitrogen and oxygen atoms in total. The molecule has 0 radical (unpaired) electrons. The van der Waals surface area contributed by atoms with Crippen LogP contribution >= 0.6 is 0 Å². The first-order chi connectivity index (χ1) is 13.8. The Hall–Kier alpha value is -3.09. The van der Waals surface area contributed by atoms with Crippen LogP contribution in [0.25, 0.3) is 0 Å². The second kappa shape index (κ2) is 10.5. The van der Waals surface area contributed by atoms with E-state index in [1.165, 1.54) is 13.2 Å². The molecule has 0 heterocycles. The molecule has 156 valence electrons. The van der Waals surface area contributed by atoms with Crippen LogP contribution in [-0.4, -0.2) is 51.6 Å². The number of halogens is 1. The van der Waals surface area contributed by atoms with Gasteiger partial charge in [-0.15, -0.1) is 0 Å². The van der Waals surface area contributed by atoms with Crippen molar-refractivity contribution in [3.05, 3.63) is 65.0 Å². The molecule has 2 aromatic rings. The normalized spacial score (nSPS) is 12.3. The van der Waals surface area contributed by atoms with Gasteiger partial charge in [0.2, 0.25) is 0 Å². The smallest absolute Gasteiger partial charge is 0.253 e. The molecule has 1 unspecified atom stereocenters. The highest BCUT2D eigenvalue weighted by molar-refractivity contribution is 5.94. The van der Waals surface area contributed by atoms with Gasteiger partial charge in [0.15, 0.2) is 17.5 Å². The van der Waals surface area contributed by atoms with Crippen LogP contribution in [0.15, 0.2) is 47.5 Å². The highest BCUT2D eigenvalue weighted by Gasteiger charge is 2.12. The first-order valence-electron chi connectivity index (χ1n) is 9.47. The molecule has 0 fully saturated rings. The molecule has 2 aromatic carbocycles. The number of nitrogens with zero attached hydrogens (tertiary/aromatic N) is 2. The van der Waals surface area contributed by atoms with E-state index in [2.05, 4.69) is 15.6 Å². The van der Waals surface area contributed by atoms with Crippen molar-refractivity contribution in [1.29, 1.82) is 0 Å². The molecule has 2 rings (SSSR count). The summed E-state index contributed by atoms with van der Waals surface area (Å²) in [6, 6.07) is 12.4. The molecular formula is C22H29FN4O2. The van der Waals surface area contributed by atoms with Crippen LogP contribution in [0.1, 0.15) is 34.5 Å². The Morgan fingerprint density at radius 2 is 2.00 bits per heavy atom. The molecule has 0 aliphatic rings. The monoisotopic (exact) mass is 400 g/mol. The Labute approximate surface area is 171 Å². The second-order valence-electron chi connectivity index (χ2n) is 6.91. The summed E-state index contributed by atoms with van der Waals surface area (Å²) in [4.78, 5) is 17.9. The number of guanidine groups is 1. The van der Waals surface area contributed by atoms with Gasteiger partial charge in [-0.05, 0) is 48.7 Å². The van der Waals surface area contributed by atoms with Crippen LogP contribution in [0.5, 0.6) is 5.75 Å². The van der Waals surface area contributed by atoms with Crippen molar-refractivity contribution in [2.45, 2.75) is 19.4 Å². The number of hydrogen-bond donors (Lipinski definition) is 2. The standard InChI is InChI=1S/C22H29FN4O2/c1-15(17-9-10-20(29-5)19(23)14-17)26-22(24-2)25-12-11-16-7-6-8-18(13-16)21(28)27(3)4/h6-10,13-15H,11-12H2,1-5H3,(H2,24,25,26). The fourth-order valence-electron chi connectivity index (χ4n) is 2.88. The molecular weight excluding hydrogens is 371 g/mol. The van der Waals surface area contributed by atoms with Gasteiger partial charge >= 0.3 is 0 Å². The van der Waals surface area contributed by atoms with E-state index in [1.54, 1.807) is 32.1 Å². The Bertz CT molecular complexity index is 868. The van der Waals surface area contributed by atoms with E-state index in [0.29, 0.717) is 18.1 Å². The molecule has 1 amide bonds. The Morgan fingerprint density at radius 3 is 2.62 bits per heavy atom. The minimum Gasteiger partial charge on any atom is -0.494 e. The zero-order valence-corrected chi connectivity index (χ0v) is 17.6. The largest absolute Gasteiger partial charge is 0.494 e. The molecule has 0 saturated heterocycles. The van der Waals surface area contributed by atoms with E-state index in [1.807, 2.05) is 37.3 Å². The third-order valence-corrected chi connectivity index (χ3v) is 4.54. The maximum atomic E-state index is 13.9. The van der Waals surface area contributed by atoms with Gasteiger partial charge in [0.1, 0.15) is 0 Å². The van der Waals surface area contributed by atoms with Gasteiger partial charge in [0.25, 0.3) is 5.91 Å². The summed E-state index contributed by atoms with van der Waals surface area (Å²) < 4.78 is 18.9. The maximum absolute atomic E-state index is 13.9. The van der Waals surface area contributed by atoms with Crippen molar-refractivity contribution in [2.75, 3.05) is 34.8 Å². The maximum Gasteiger partial charge on any atom is 0.253 e. The third kappa shape index (κ3) is 6.20. The Balaban J connectivity index is 1.92. The number of methoxy groups -OCH3 is 1. The van der Waals surface area contributed by atoms with Crippen molar-refractivity contribution in [3.63, 3.8) is 0 Å². The number of carbonyl (C=O) groups excluding carboxylic acids is 1. The first kappa shape index (κ1) is 22.2. The van der Waals surface area contributed by atoms with E-state index in [0.717, 1.165) is 17.5 Å². The fourth-order valence-corrected chi connectivity index (χ4v) is 2.88.